The van der Waals surface area contributed by atoms with Crippen molar-refractivity contribution in [3.05, 3.63) is 0 Å². The standard InChI is InChI=1S/C8H16.C2H6/c1-7-5-4-6-8(7,2)3;1-2/h7H,4-6H2,1-3H3;1-2H3/t7-;/m0./s1. The molecule has 10 heavy (non-hydrogen) atoms. The van der Waals surface area contributed by atoms with Gasteiger partial charge in [-0.2, -0.15) is 0 Å². The van der Waals surface area contributed by atoms with Gasteiger partial charge >= 0.3 is 0 Å². The predicted molar refractivity (Wildman–Crippen MR) is 48.1 cm³/mol. The van der Waals surface area contributed by atoms with Gasteiger partial charge in [0.2, 0.25) is 0 Å². The van der Waals surface area contributed by atoms with Crippen LogP contribution in [0.25, 0.3) is 0 Å². The van der Waals surface area contributed by atoms with Crippen LogP contribution in [0.2, 0.25) is 0 Å². The molecule has 1 atom stereocenters. The minimum atomic E-state index is 0.653. The molecule has 0 radical (unpaired) electrons. The van der Waals surface area contributed by atoms with E-state index in [1.807, 2.05) is 13.8 Å². The zero-order chi connectivity index (χ0) is 8.20. The van der Waals surface area contributed by atoms with Gasteiger partial charge in [-0.05, 0) is 17.8 Å². The molecule has 1 aliphatic rings. The number of rotatable bonds is 0. The SMILES string of the molecule is CC.C[C@H]1CCCC1(C)C. The van der Waals surface area contributed by atoms with E-state index in [-0.39, 0.29) is 0 Å². The Morgan fingerprint density at radius 1 is 1.20 bits per heavy atom. The highest BCUT2D eigenvalue weighted by molar-refractivity contribution is 4.81. The topological polar surface area (TPSA) is 0 Å². The molecule has 0 nitrogen and oxygen atoms in total. The zero-order valence-electron chi connectivity index (χ0n) is 8.20. The second kappa shape index (κ2) is 4.00. The third-order valence-electron chi connectivity index (χ3n) is 2.79. The average Bonchev–Trinajstić information content (AvgIpc) is 2.17. The average molecular weight is 142 g/mol. The van der Waals surface area contributed by atoms with Gasteiger partial charge in [-0.1, -0.05) is 47.5 Å². The molecule has 1 rings (SSSR count). The van der Waals surface area contributed by atoms with Gasteiger partial charge in [-0.15, -0.1) is 0 Å². The molecule has 0 heterocycles. The molecule has 0 aromatic heterocycles. The molecule has 0 amide bonds. The van der Waals surface area contributed by atoms with Crippen molar-refractivity contribution in [3.8, 4) is 0 Å². The third kappa shape index (κ3) is 2.32. The molecule has 0 aliphatic heterocycles. The molecule has 0 unspecified atom stereocenters. The van der Waals surface area contributed by atoms with E-state index in [0.717, 1.165) is 5.92 Å². The van der Waals surface area contributed by atoms with Crippen LogP contribution in [0, 0.1) is 11.3 Å². The van der Waals surface area contributed by atoms with Crippen molar-refractivity contribution in [2.75, 3.05) is 0 Å². The van der Waals surface area contributed by atoms with Crippen LogP contribution in [0.4, 0.5) is 0 Å². The highest BCUT2D eigenvalue weighted by atomic mass is 14.4. The molecule has 0 N–H and O–H groups in total. The Labute approximate surface area is 66.0 Å². The monoisotopic (exact) mass is 142 g/mol. The Hall–Kier alpha value is 0. The van der Waals surface area contributed by atoms with E-state index in [4.69, 9.17) is 0 Å². The van der Waals surface area contributed by atoms with E-state index in [1.54, 1.807) is 0 Å². The van der Waals surface area contributed by atoms with Gasteiger partial charge in [0, 0.05) is 0 Å². The summed E-state index contributed by atoms with van der Waals surface area (Å²) in [5.41, 5.74) is 0.653. The smallest absolute Gasteiger partial charge is 0.0329 e. The second-order valence-corrected chi connectivity index (χ2v) is 3.78. The molecule has 0 bridgehead atoms. The summed E-state index contributed by atoms with van der Waals surface area (Å²) >= 11 is 0. The molecule has 0 saturated heterocycles. The van der Waals surface area contributed by atoms with Crippen LogP contribution < -0.4 is 0 Å². The van der Waals surface area contributed by atoms with Crippen LogP contribution in [0.1, 0.15) is 53.9 Å². The normalized spacial score (nSPS) is 29.1. The fourth-order valence-corrected chi connectivity index (χ4v) is 1.50. The van der Waals surface area contributed by atoms with Gasteiger partial charge in [0.05, 0.1) is 0 Å². The summed E-state index contributed by atoms with van der Waals surface area (Å²) in [4.78, 5) is 0. The molecule has 0 heteroatoms. The van der Waals surface area contributed by atoms with E-state index in [2.05, 4.69) is 20.8 Å². The van der Waals surface area contributed by atoms with Gasteiger partial charge in [0.25, 0.3) is 0 Å². The highest BCUT2D eigenvalue weighted by Gasteiger charge is 2.30. The molecule has 1 aliphatic carbocycles. The minimum Gasteiger partial charge on any atom is -0.0683 e. The molecule has 0 spiro atoms. The van der Waals surface area contributed by atoms with Crippen molar-refractivity contribution in [2.45, 2.75) is 53.9 Å². The van der Waals surface area contributed by atoms with Crippen LogP contribution in [-0.2, 0) is 0 Å². The van der Waals surface area contributed by atoms with E-state index in [1.165, 1.54) is 19.3 Å². The Morgan fingerprint density at radius 3 is 1.80 bits per heavy atom. The Bertz CT molecular complexity index is 82.0. The van der Waals surface area contributed by atoms with Crippen molar-refractivity contribution >= 4 is 0 Å². The van der Waals surface area contributed by atoms with Gasteiger partial charge in [0.15, 0.2) is 0 Å². The Balaban J connectivity index is 0.000000371. The van der Waals surface area contributed by atoms with Crippen molar-refractivity contribution in [1.82, 2.24) is 0 Å². The van der Waals surface area contributed by atoms with E-state index in [9.17, 15) is 0 Å². The first-order valence-electron chi connectivity index (χ1n) is 4.63. The molecule has 62 valence electrons. The lowest BCUT2D eigenvalue weighted by Gasteiger charge is -2.22. The molecule has 0 aromatic carbocycles. The van der Waals surface area contributed by atoms with Crippen LogP contribution in [0.15, 0.2) is 0 Å². The molecular weight excluding hydrogens is 120 g/mol. The zero-order valence-corrected chi connectivity index (χ0v) is 8.20. The summed E-state index contributed by atoms with van der Waals surface area (Å²) < 4.78 is 0. The summed E-state index contributed by atoms with van der Waals surface area (Å²) in [5, 5.41) is 0. The van der Waals surface area contributed by atoms with E-state index < -0.39 is 0 Å². The van der Waals surface area contributed by atoms with Crippen molar-refractivity contribution in [2.24, 2.45) is 11.3 Å². The first-order valence-corrected chi connectivity index (χ1v) is 4.63. The fraction of sp³-hybridized carbons (Fsp3) is 1.00. The maximum Gasteiger partial charge on any atom is -0.0329 e. The van der Waals surface area contributed by atoms with E-state index >= 15 is 0 Å². The van der Waals surface area contributed by atoms with Crippen LogP contribution in [-0.4, -0.2) is 0 Å². The van der Waals surface area contributed by atoms with Crippen molar-refractivity contribution in [1.29, 1.82) is 0 Å². The minimum absolute atomic E-state index is 0.653. The Kier molecular flexibility index (Phi) is 4.00. The maximum atomic E-state index is 2.38. The van der Waals surface area contributed by atoms with Gasteiger partial charge < -0.3 is 0 Å². The predicted octanol–water partition coefficient (Wildman–Crippen LogP) is 3.86. The lowest BCUT2D eigenvalue weighted by molar-refractivity contribution is 0.281. The number of hydrogen-bond donors (Lipinski definition) is 0. The highest BCUT2D eigenvalue weighted by Crippen LogP contribution is 2.41. The van der Waals surface area contributed by atoms with Crippen LogP contribution >= 0.6 is 0 Å². The third-order valence-corrected chi connectivity index (χ3v) is 2.79. The van der Waals surface area contributed by atoms with Crippen LogP contribution in [0.5, 0.6) is 0 Å². The van der Waals surface area contributed by atoms with Gasteiger partial charge in [-0.25, -0.2) is 0 Å². The van der Waals surface area contributed by atoms with Gasteiger partial charge in [0.1, 0.15) is 0 Å². The quantitative estimate of drug-likeness (QED) is 0.482. The fourth-order valence-electron chi connectivity index (χ4n) is 1.50. The molecule has 1 saturated carbocycles. The number of hydrogen-bond acceptors (Lipinski definition) is 0. The Morgan fingerprint density at radius 2 is 1.70 bits per heavy atom. The molecule has 0 aromatic rings. The van der Waals surface area contributed by atoms with Gasteiger partial charge in [-0.3, -0.25) is 0 Å². The van der Waals surface area contributed by atoms with Crippen LogP contribution in [0.3, 0.4) is 0 Å². The first-order chi connectivity index (χ1) is 4.63. The second-order valence-electron chi connectivity index (χ2n) is 3.78. The summed E-state index contributed by atoms with van der Waals surface area (Å²) in [6, 6.07) is 0. The maximum absolute atomic E-state index is 2.38. The van der Waals surface area contributed by atoms with Crippen molar-refractivity contribution < 1.29 is 0 Å². The summed E-state index contributed by atoms with van der Waals surface area (Å²) in [5.74, 6) is 0.961. The molecule has 1 fully saturated rings. The lowest BCUT2D eigenvalue weighted by Crippen LogP contribution is -2.13. The van der Waals surface area contributed by atoms with Crippen molar-refractivity contribution in [3.63, 3.8) is 0 Å². The first kappa shape index (κ1) is 10.0. The summed E-state index contributed by atoms with van der Waals surface area (Å²) in [6.07, 6.45) is 4.34. The summed E-state index contributed by atoms with van der Waals surface area (Å²) in [7, 11) is 0. The van der Waals surface area contributed by atoms with E-state index in [0.29, 0.717) is 5.41 Å². The largest absolute Gasteiger partial charge is 0.0683 e. The lowest BCUT2D eigenvalue weighted by atomic mass is 9.83. The summed E-state index contributed by atoms with van der Waals surface area (Å²) in [6.45, 7) is 11.1. The molecular formula is C10H22.